The maximum atomic E-state index is 12.6. The average molecular weight is 401 g/mol. The highest BCUT2D eigenvalue weighted by Gasteiger charge is 2.19. The monoisotopic (exact) mass is 401 g/mol. The van der Waals surface area contributed by atoms with Crippen molar-refractivity contribution in [2.75, 3.05) is 25.5 Å². The first kappa shape index (κ1) is 21.3. The minimum Gasteiger partial charge on any atom is -0.332 e. The molecule has 0 atom stereocenters. The number of hydrogen-bond donors (Lipinski definition) is 2. The topological polar surface area (TPSA) is 95.6 Å². The van der Waals surface area contributed by atoms with Gasteiger partial charge in [0, 0.05) is 24.8 Å². The molecule has 148 valence electrons. The molecule has 2 aromatic carbocycles. The van der Waals surface area contributed by atoms with Crippen molar-refractivity contribution in [3.8, 4) is 0 Å². The Bertz CT molecular complexity index is 969. The number of benzene rings is 2. The molecule has 0 aliphatic carbocycles. The van der Waals surface area contributed by atoms with Crippen molar-refractivity contribution >= 4 is 27.5 Å². The zero-order valence-electron chi connectivity index (χ0n) is 15.8. The van der Waals surface area contributed by atoms with Crippen molar-refractivity contribution in [3.05, 3.63) is 72.3 Å². The molecule has 0 fully saturated rings. The van der Waals surface area contributed by atoms with Crippen LogP contribution in [0.3, 0.4) is 0 Å². The fraction of sp³-hybridized carbons (Fsp3) is 0.200. The van der Waals surface area contributed by atoms with Crippen LogP contribution in [0.5, 0.6) is 0 Å². The second kappa shape index (κ2) is 9.29. The van der Waals surface area contributed by atoms with E-state index in [0.717, 1.165) is 5.56 Å². The number of aryl methyl sites for hydroxylation is 1. The molecule has 0 unspecified atom stereocenters. The molecule has 0 spiro atoms. The zero-order chi connectivity index (χ0) is 20.7. The van der Waals surface area contributed by atoms with E-state index in [4.69, 9.17) is 0 Å². The lowest BCUT2D eigenvalue weighted by Gasteiger charge is -2.17. The summed E-state index contributed by atoms with van der Waals surface area (Å²) >= 11 is 0. The highest BCUT2D eigenvalue weighted by Crippen LogP contribution is 2.13. The molecule has 2 rings (SSSR count). The summed E-state index contributed by atoms with van der Waals surface area (Å²) in [6.45, 7) is 5.32. The van der Waals surface area contributed by atoms with Crippen molar-refractivity contribution in [1.29, 1.82) is 0 Å². The lowest BCUT2D eigenvalue weighted by atomic mass is 10.2. The van der Waals surface area contributed by atoms with Crippen LogP contribution >= 0.6 is 0 Å². The van der Waals surface area contributed by atoms with E-state index in [0.29, 0.717) is 5.69 Å². The number of amides is 2. The summed E-state index contributed by atoms with van der Waals surface area (Å²) in [7, 11) is -2.26. The zero-order valence-corrected chi connectivity index (χ0v) is 16.6. The fourth-order valence-corrected chi connectivity index (χ4v) is 3.44. The van der Waals surface area contributed by atoms with E-state index in [9.17, 15) is 18.0 Å². The van der Waals surface area contributed by atoms with E-state index >= 15 is 0 Å². The van der Waals surface area contributed by atoms with Gasteiger partial charge in [0.05, 0.1) is 11.4 Å². The van der Waals surface area contributed by atoms with Gasteiger partial charge in [0.15, 0.2) is 0 Å². The Hall–Kier alpha value is -2.97. The van der Waals surface area contributed by atoms with Gasteiger partial charge in [-0.2, -0.15) is 0 Å². The predicted octanol–water partition coefficient (Wildman–Crippen LogP) is 2.17. The molecular formula is C20H23N3O4S. The van der Waals surface area contributed by atoms with Gasteiger partial charge < -0.3 is 10.2 Å². The summed E-state index contributed by atoms with van der Waals surface area (Å²) in [5.41, 5.74) is 1.88. The molecule has 7 nitrogen and oxygen atoms in total. The fourth-order valence-electron chi connectivity index (χ4n) is 2.39. The number of hydrogen-bond acceptors (Lipinski definition) is 4. The summed E-state index contributed by atoms with van der Waals surface area (Å²) in [6, 6.07) is 13.0. The van der Waals surface area contributed by atoms with Crippen molar-refractivity contribution in [2.24, 2.45) is 0 Å². The molecule has 0 saturated heterocycles. The molecule has 0 bridgehead atoms. The Morgan fingerprint density at radius 1 is 1.14 bits per heavy atom. The largest absolute Gasteiger partial charge is 0.332 e. The quantitative estimate of drug-likeness (QED) is 0.663. The summed E-state index contributed by atoms with van der Waals surface area (Å²) in [5.74, 6) is -0.809. The van der Waals surface area contributed by atoms with Crippen LogP contribution in [0.4, 0.5) is 5.69 Å². The minimum atomic E-state index is -3.74. The second-order valence-corrected chi connectivity index (χ2v) is 8.01. The highest BCUT2D eigenvalue weighted by atomic mass is 32.2. The number of rotatable bonds is 8. The number of carbonyl (C=O) groups excluding carboxylic acids is 2. The van der Waals surface area contributed by atoms with Crippen LogP contribution in [-0.2, 0) is 14.8 Å². The van der Waals surface area contributed by atoms with Crippen molar-refractivity contribution in [2.45, 2.75) is 11.8 Å². The van der Waals surface area contributed by atoms with Gasteiger partial charge in [-0.3, -0.25) is 9.59 Å². The molecule has 2 N–H and O–H groups in total. The maximum absolute atomic E-state index is 12.6. The van der Waals surface area contributed by atoms with Crippen LogP contribution in [0, 0.1) is 6.92 Å². The van der Waals surface area contributed by atoms with Crippen LogP contribution < -0.4 is 10.0 Å². The minimum absolute atomic E-state index is 0.0299. The smallest absolute Gasteiger partial charge is 0.254 e. The van der Waals surface area contributed by atoms with Crippen LogP contribution in [0.1, 0.15) is 15.9 Å². The molecular weight excluding hydrogens is 378 g/mol. The summed E-state index contributed by atoms with van der Waals surface area (Å²) in [4.78, 5) is 26.0. The number of sulfonamides is 1. The van der Waals surface area contributed by atoms with E-state index in [2.05, 4.69) is 16.6 Å². The van der Waals surface area contributed by atoms with Crippen molar-refractivity contribution in [3.63, 3.8) is 0 Å². The highest BCUT2D eigenvalue weighted by molar-refractivity contribution is 7.89. The molecule has 2 amide bonds. The first-order valence-corrected chi connectivity index (χ1v) is 10.0. The first-order chi connectivity index (χ1) is 13.2. The number of anilines is 1. The summed E-state index contributed by atoms with van der Waals surface area (Å²) in [6.07, 6.45) is 1.42. The van der Waals surface area contributed by atoms with E-state index in [-0.39, 0.29) is 29.5 Å². The third-order valence-electron chi connectivity index (χ3n) is 3.87. The van der Waals surface area contributed by atoms with Gasteiger partial charge >= 0.3 is 0 Å². The van der Waals surface area contributed by atoms with Crippen molar-refractivity contribution < 1.29 is 18.0 Å². The van der Waals surface area contributed by atoms with E-state index in [1.807, 2.05) is 19.1 Å². The lowest BCUT2D eigenvalue weighted by molar-refractivity contribution is -0.116. The van der Waals surface area contributed by atoms with Crippen LogP contribution in [0.2, 0.25) is 0 Å². The molecule has 2 aromatic rings. The van der Waals surface area contributed by atoms with Gasteiger partial charge in [0.2, 0.25) is 15.9 Å². The molecule has 0 aliphatic rings. The molecule has 0 saturated carbocycles. The van der Waals surface area contributed by atoms with Gasteiger partial charge in [0.25, 0.3) is 5.91 Å². The summed E-state index contributed by atoms with van der Waals surface area (Å²) < 4.78 is 26.7. The average Bonchev–Trinajstić information content (AvgIpc) is 2.67. The van der Waals surface area contributed by atoms with Crippen LogP contribution in [0.25, 0.3) is 0 Å². The Morgan fingerprint density at radius 3 is 2.46 bits per heavy atom. The first-order valence-electron chi connectivity index (χ1n) is 8.55. The number of carbonyl (C=O) groups is 2. The third-order valence-corrected chi connectivity index (χ3v) is 5.29. The molecule has 28 heavy (non-hydrogen) atoms. The second-order valence-electron chi connectivity index (χ2n) is 6.24. The number of likely N-dealkylation sites (N-methyl/N-ethyl adjacent to an activating group) is 1. The molecule has 0 aliphatic heterocycles. The molecule has 8 heteroatoms. The Kier molecular flexibility index (Phi) is 7.08. The van der Waals surface area contributed by atoms with Gasteiger partial charge in [0.1, 0.15) is 0 Å². The Balaban J connectivity index is 2.06. The predicted molar refractivity (Wildman–Crippen MR) is 109 cm³/mol. The van der Waals surface area contributed by atoms with Gasteiger partial charge in [-0.1, -0.05) is 29.8 Å². The Morgan fingerprint density at radius 2 is 1.82 bits per heavy atom. The Labute approximate surface area is 165 Å². The van der Waals surface area contributed by atoms with Crippen LogP contribution in [0.15, 0.2) is 66.1 Å². The SMILES string of the molecule is C=CCNS(=O)(=O)c1cccc(C(=O)N(C)CC(=O)Nc2ccc(C)cc2)c1. The normalized spacial score (nSPS) is 10.9. The summed E-state index contributed by atoms with van der Waals surface area (Å²) in [5, 5.41) is 2.72. The molecule has 0 aromatic heterocycles. The maximum Gasteiger partial charge on any atom is 0.254 e. The molecule has 0 radical (unpaired) electrons. The van der Waals surface area contributed by atoms with Crippen molar-refractivity contribution in [1.82, 2.24) is 9.62 Å². The lowest BCUT2D eigenvalue weighted by Crippen LogP contribution is -2.35. The molecule has 0 heterocycles. The number of nitrogens with zero attached hydrogens (tertiary/aromatic N) is 1. The van der Waals surface area contributed by atoms with E-state index in [1.165, 1.54) is 42.3 Å². The van der Waals surface area contributed by atoms with Gasteiger partial charge in [-0.25, -0.2) is 13.1 Å². The van der Waals surface area contributed by atoms with Gasteiger partial charge in [-0.05, 0) is 37.3 Å². The standard InChI is InChI=1S/C20H23N3O4S/c1-4-12-21-28(26,27)18-7-5-6-16(13-18)20(25)23(3)14-19(24)22-17-10-8-15(2)9-11-17/h4-11,13,21H,1,12,14H2,2-3H3,(H,22,24). The van der Waals surface area contributed by atoms with E-state index in [1.54, 1.807) is 12.1 Å². The van der Waals surface area contributed by atoms with E-state index < -0.39 is 15.9 Å². The van der Waals surface area contributed by atoms with Crippen LogP contribution in [-0.4, -0.2) is 45.3 Å². The van der Waals surface area contributed by atoms with Gasteiger partial charge in [-0.15, -0.1) is 6.58 Å². The number of nitrogens with one attached hydrogen (secondary N) is 2. The third kappa shape index (κ3) is 5.77.